The summed E-state index contributed by atoms with van der Waals surface area (Å²) in [5.41, 5.74) is 1.82. The molecular formula is C22H18BrN3O2S. The lowest BCUT2D eigenvalue weighted by atomic mass is 10.2. The van der Waals surface area contributed by atoms with E-state index in [1.165, 1.54) is 11.3 Å². The van der Waals surface area contributed by atoms with E-state index in [0.29, 0.717) is 18.3 Å². The van der Waals surface area contributed by atoms with Gasteiger partial charge < -0.3 is 4.74 Å². The lowest BCUT2D eigenvalue weighted by Gasteiger charge is -2.20. The van der Waals surface area contributed by atoms with E-state index in [1.54, 1.807) is 17.3 Å². The highest BCUT2D eigenvalue weighted by Crippen LogP contribution is 2.32. The van der Waals surface area contributed by atoms with Crippen molar-refractivity contribution < 1.29 is 9.53 Å². The summed E-state index contributed by atoms with van der Waals surface area (Å²) in [6, 6.07) is 19.2. The van der Waals surface area contributed by atoms with Crippen LogP contribution in [-0.2, 0) is 11.3 Å². The van der Waals surface area contributed by atoms with Crippen molar-refractivity contribution >= 4 is 48.5 Å². The van der Waals surface area contributed by atoms with Crippen molar-refractivity contribution in [2.75, 3.05) is 11.5 Å². The molecule has 5 nitrogen and oxygen atoms in total. The number of hydrogen-bond acceptors (Lipinski definition) is 5. The molecule has 2 heterocycles. The number of amides is 1. The van der Waals surface area contributed by atoms with E-state index >= 15 is 0 Å². The van der Waals surface area contributed by atoms with Crippen LogP contribution in [0.2, 0.25) is 0 Å². The molecule has 0 N–H and O–H groups in total. The molecule has 2 aromatic carbocycles. The summed E-state index contributed by atoms with van der Waals surface area (Å²) in [5.74, 6) is 0.715. The number of nitrogens with zero attached hydrogens (tertiary/aromatic N) is 3. The maximum Gasteiger partial charge on any atom is 0.232 e. The van der Waals surface area contributed by atoms with Crippen LogP contribution in [0.3, 0.4) is 0 Å². The van der Waals surface area contributed by atoms with Gasteiger partial charge in [0, 0.05) is 16.9 Å². The highest BCUT2D eigenvalue weighted by Gasteiger charge is 2.20. The van der Waals surface area contributed by atoms with Crippen molar-refractivity contribution in [1.82, 2.24) is 9.97 Å². The van der Waals surface area contributed by atoms with Gasteiger partial charge in [-0.15, -0.1) is 0 Å². The summed E-state index contributed by atoms with van der Waals surface area (Å²) in [6.45, 7) is 0.724. The monoisotopic (exact) mass is 467 g/mol. The van der Waals surface area contributed by atoms with Crippen LogP contribution in [0.1, 0.15) is 12.0 Å². The highest BCUT2D eigenvalue weighted by molar-refractivity contribution is 9.10. The van der Waals surface area contributed by atoms with E-state index in [2.05, 4.69) is 25.9 Å². The third-order valence-electron chi connectivity index (χ3n) is 4.26. The number of carbonyl (C=O) groups excluding carboxylic acids is 1. The van der Waals surface area contributed by atoms with Gasteiger partial charge in [-0.05, 0) is 42.0 Å². The average Bonchev–Trinajstić information content (AvgIpc) is 3.16. The number of pyridine rings is 1. The molecule has 4 rings (SSSR count). The van der Waals surface area contributed by atoms with Crippen LogP contribution in [-0.4, -0.2) is 22.5 Å². The second-order valence-electron chi connectivity index (χ2n) is 6.36. The number of hydrogen-bond donors (Lipinski definition) is 0. The molecule has 1 amide bonds. The third-order valence-corrected chi connectivity index (χ3v) is 5.80. The Morgan fingerprint density at radius 2 is 1.97 bits per heavy atom. The Morgan fingerprint density at radius 1 is 1.10 bits per heavy atom. The highest BCUT2D eigenvalue weighted by atomic mass is 79.9. The fraction of sp³-hybridized carbons (Fsp3) is 0.136. The Balaban J connectivity index is 1.54. The van der Waals surface area contributed by atoms with E-state index in [4.69, 9.17) is 4.74 Å². The van der Waals surface area contributed by atoms with Crippen molar-refractivity contribution in [1.29, 1.82) is 0 Å². The minimum absolute atomic E-state index is 0.0390. The van der Waals surface area contributed by atoms with Crippen molar-refractivity contribution in [2.24, 2.45) is 0 Å². The summed E-state index contributed by atoms with van der Waals surface area (Å²) in [5, 5.41) is 0.673. The molecule has 29 heavy (non-hydrogen) atoms. The van der Waals surface area contributed by atoms with E-state index in [9.17, 15) is 4.79 Å². The van der Waals surface area contributed by atoms with Crippen molar-refractivity contribution in [3.63, 3.8) is 0 Å². The first kappa shape index (κ1) is 19.5. The number of para-hydroxylation sites is 1. The zero-order chi connectivity index (χ0) is 20.1. The largest absolute Gasteiger partial charge is 0.493 e. The maximum atomic E-state index is 13.1. The number of rotatable bonds is 7. The molecular weight excluding hydrogens is 450 g/mol. The van der Waals surface area contributed by atoms with Gasteiger partial charge in [0.2, 0.25) is 5.91 Å². The Bertz CT molecular complexity index is 1100. The van der Waals surface area contributed by atoms with E-state index < -0.39 is 0 Å². The van der Waals surface area contributed by atoms with Crippen molar-refractivity contribution in [3.8, 4) is 5.75 Å². The molecule has 0 spiro atoms. The molecule has 0 aliphatic heterocycles. The van der Waals surface area contributed by atoms with Crippen LogP contribution < -0.4 is 9.64 Å². The summed E-state index contributed by atoms with van der Waals surface area (Å²) in [6.07, 6.45) is 3.75. The van der Waals surface area contributed by atoms with Gasteiger partial charge in [0.05, 0.1) is 29.8 Å². The molecule has 0 unspecified atom stereocenters. The van der Waals surface area contributed by atoms with Crippen LogP contribution in [0.15, 0.2) is 77.5 Å². The van der Waals surface area contributed by atoms with Gasteiger partial charge in [-0.3, -0.25) is 14.7 Å². The van der Waals surface area contributed by atoms with Crippen LogP contribution in [0.5, 0.6) is 5.75 Å². The van der Waals surface area contributed by atoms with Gasteiger partial charge in [-0.1, -0.05) is 51.5 Å². The maximum absolute atomic E-state index is 13.1. The molecule has 0 saturated carbocycles. The van der Waals surface area contributed by atoms with Crippen molar-refractivity contribution in [3.05, 3.63) is 83.1 Å². The van der Waals surface area contributed by atoms with Gasteiger partial charge in [-0.2, -0.15) is 0 Å². The van der Waals surface area contributed by atoms with Gasteiger partial charge in [0.1, 0.15) is 5.75 Å². The number of carbonyl (C=O) groups is 1. The molecule has 0 bridgehead atoms. The quantitative estimate of drug-likeness (QED) is 0.362. The molecule has 0 atom stereocenters. The zero-order valence-electron chi connectivity index (χ0n) is 15.5. The predicted molar refractivity (Wildman–Crippen MR) is 119 cm³/mol. The van der Waals surface area contributed by atoms with Crippen LogP contribution in [0.4, 0.5) is 5.13 Å². The Hall–Kier alpha value is -2.77. The molecule has 4 aromatic rings. The Morgan fingerprint density at radius 3 is 2.76 bits per heavy atom. The Labute approximate surface area is 181 Å². The molecule has 0 aliphatic carbocycles. The van der Waals surface area contributed by atoms with Gasteiger partial charge in [0.15, 0.2) is 5.13 Å². The van der Waals surface area contributed by atoms with E-state index in [0.717, 1.165) is 26.0 Å². The first-order valence-corrected chi connectivity index (χ1v) is 10.7. The minimum Gasteiger partial charge on any atom is -0.493 e. The fourth-order valence-electron chi connectivity index (χ4n) is 2.85. The first-order valence-electron chi connectivity index (χ1n) is 9.12. The number of anilines is 1. The summed E-state index contributed by atoms with van der Waals surface area (Å²) < 4.78 is 7.72. The second kappa shape index (κ2) is 9.15. The number of thiazole rings is 1. The number of fused-ring (bicyclic) bond motifs is 1. The third kappa shape index (κ3) is 4.99. The molecule has 0 radical (unpaired) electrons. The molecule has 0 aliphatic rings. The number of benzene rings is 2. The number of halogens is 1. The summed E-state index contributed by atoms with van der Waals surface area (Å²) in [7, 11) is 0. The van der Waals surface area contributed by atoms with E-state index in [-0.39, 0.29) is 12.3 Å². The standard InChI is InChI=1S/C22H18BrN3O2S/c23-17-8-9-19-20(13-17)29-22(25-19)26(15-16-5-4-11-24-14-16)21(27)10-12-28-18-6-2-1-3-7-18/h1-9,11,13-14H,10,12,15H2. The Kier molecular flexibility index (Phi) is 6.17. The van der Waals surface area contributed by atoms with Gasteiger partial charge >= 0.3 is 0 Å². The molecule has 2 aromatic heterocycles. The summed E-state index contributed by atoms with van der Waals surface area (Å²) >= 11 is 4.99. The molecule has 146 valence electrons. The van der Waals surface area contributed by atoms with Crippen LogP contribution >= 0.6 is 27.3 Å². The normalized spacial score (nSPS) is 10.8. The van der Waals surface area contributed by atoms with Crippen LogP contribution in [0, 0.1) is 0 Å². The first-order chi connectivity index (χ1) is 14.2. The molecule has 0 fully saturated rings. The smallest absolute Gasteiger partial charge is 0.232 e. The van der Waals surface area contributed by atoms with Gasteiger partial charge in [0.25, 0.3) is 0 Å². The second-order valence-corrected chi connectivity index (χ2v) is 8.29. The zero-order valence-corrected chi connectivity index (χ0v) is 17.9. The minimum atomic E-state index is -0.0390. The number of ether oxygens (including phenoxy) is 1. The SMILES string of the molecule is O=C(CCOc1ccccc1)N(Cc1cccnc1)c1nc2ccc(Br)cc2s1. The van der Waals surface area contributed by atoms with Crippen molar-refractivity contribution in [2.45, 2.75) is 13.0 Å². The van der Waals surface area contributed by atoms with E-state index in [1.807, 2.05) is 60.7 Å². The predicted octanol–water partition coefficient (Wildman–Crippen LogP) is 5.46. The average molecular weight is 468 g/mol. The van der Waals surface area contributed by atoms with Gasteiger partial charge in [-0.25, -0.2) is 4.98 Å². The fourth-order valence-corrected chi connectivity index (χ4v) is 4.38. The summed E-state index contributed by atoms with van der Waals surface area (Å²) in [4.78, 5) is 23.6. The number of aromatic nitrogens is 2. The van der Waals surface area contributed by atoms with Crippen LogP contribution in [0.25, 0.3) is 10.2 Å². The molecule has 0 saturated heterocycles. The lowest BCUT2D eigenvalue weighted by molar-refractivity contribution is -0.119. The molecule has 7 heteroatoms. The topological polar surface area (TPSA) is 55.3 Å². The lowest BCUT2D eigenvalue weighted by Crippen LogP contribution is -2.31.